The first-order chi connectivity index (χ1) is 31.3. The van der Waals surface area contributed by atoms with Crippen molar-refractivity contribution in [2.24, 2.45) is 0 Å². The molecule has 0 N–H and O–H groups in total. The van der Waals surface area contributed by atoms with Crippen LogP contribution in [0.25, 0.3) is 88.3 Å². The van der Waals surface area contributed by atoms with Gasteiger partial charge in [-0.2, -0.15) is 0 Å². The van der Waals surface area contributed by atoms with Gasteiger partial charge in [0.25, 0.3) is 0 Å². The van der Waals surface area contributed by atoms with E-state index in [4.69, 9.17) is 0 Å². The quantitative estimate of drug-likeness (QED) is 0.131. The first-order valence-corrected chi connectivity index (χ1v) is 21.7. The zero-order valence-corrected chi connectivity index (χ0v) is 34.8. The number of hydrogen-bond donors (Lipinski definition) is 0. The molecule has 11 aromatic carbocycles. The van der Waals surface area contributed by atoms with E-state index >= 15 is 0 Å². The second-order valence-corrected chi connectivity index (χ2v) is 16.0. The third kappa shape index (κ3) is 7.26. The monoisotopic (exact) mass is 801 g/mol. The standard InChI is InChI=1S/C62H43N/c1-5-18-44(19-6-1)47-32-37-52(38-33-47)63(53-39-34-48(35-40-53)45-20-7-2-8-21-45)61-31-17-30-58(62(61)60-43-51-26-13-14-27-54(51)55-28-15-16-29-56(55)60)57-41-36-50(46-22-9-3-10-23-46)42-59(57)49-24-11-4-12-25-49/h1-43H. The molecule has 0 heterocycles. The highest BCUT2D eigenvalue weighted by Gasteiger charge is 2.24. The van der Waals surface area contributed by atoms with Crippen molar-refractivity contribution in [2.75, 3.05) is 4.90 Å². The molecule has 0 aliphatic carbocycles. The van der Waals surface area contributed by atoms with Crippen LogP contribution in [0.3, 0.4) is 0 Å². The van der Waals surface area contributed by atoms with Crippen LogP contribution in [0, 0.1) is 0 Å². The molecule has 0 fully saturated rings. The fraction of sp³-hybridized carbons (Fsp3) is 0. The van der Waals surface area contributed by atoms with Crippen molar-refractivity contribution in [3.63, 3.8) is 0 Å². The molecule has 0 saturated carbocycles. The van der Waals surface area contributed by atoms with Gasteiger partial charge in [-0.3, -0.25) is 0 Å². The van der Waals surface area contributed by atoms with Crippen molar-refractivity contribution in [3.05, 3.63) is 261 Å². The van der Waals surface area contributed by atoms with Crippen molar-refractivity contribution in [1.29, 1.82) is 0 Å². The van der Waals surface area contributed by atoms with E-state index in [1.54, 1.807) is 0 Å². The van der Waals surface area contributed by atoms with Gasteiger partial charge in [0.15, 0.2) is 0 Å². The minimum atomic E-state index is 1.08. The van der Waals surface area contributed by atoms with Gasteiger partial charge >= 0.3 is 0 Å². The van der Waals surface area contributed by atoms with Crippen LogP contribution >= 0.6 is 0 Å². The lowest BCUT2D eigenvalue weighted by Crippen LogP contribution is -2.12. The largest absolute Gasteiger partial charge is 0.310 e. The smallest absolute Gasteiger partial charge is 0.0546 e. The van der Waals surface area contributed by atoms with Gasteiger partial charge in [-0.25, -0.2) is 0 Å². The van der Waals surface area contributed by atoms with Crippen molar-refractivity contribution in [3.8, 4) is 66.8 Å². The maximum Gasteiger partial charge on any atom is 0.0546 e. The van der Waals surface area contributed by atoms with Gasteiger partial charge in [-0.15, -0.1) is 0 Å². The average Bonchev–Trinajstić information content (AvgIpc) is 3.37. The molecule has 11 aromatic rings. The highest BCUT2D eigenvalue weighted by molar-refractivity contribution is 6.17. The Morgan fingerprint density at radius 2 is 0.667 bits per heavy atom. The number of nitrogens with zero attached hydrogens (tertiary/aromatic N) is 1. The van der Waals surface area contributed by atoms with E-state index in [2.05, 4.69) is 266 Å². The van der Waals surface area contributed by atoms with E-state index in [9.17, 15) is 0 Å². The highest BCUT2D eigenvalue weighted by atomic mass is 15.1. The molecule has 63 heavy (non-hydrogen) atoms. The Morgan fingerprint density at radius 1 is 0.222 bits per heavy atom. The molecule has 0 unspecified atom stereocenters. The van der Waals surface area contributed by atoms with Crippen LogP contribution in [0.15, 0.2) is 261 Å². The fourth-order valence-electron chi connectivity index (χ4n) is 9.24. The summed E-state index contributed by atoms with van der Waals surface area (Å²) in [5, 5.41) is 4.91. The Labute approximate surface area is 369 Å². The maximum atomic E-state index is 2.45. The summed E-state index contributed by atoms with van der Waals surface area (Å²) < 4.78 is 0. The number of benzene rings is 11. The molecule has 0 saturated heterocycles. The van der Waals surface area contributed by atoms with Gasteiger partial charge in [0, 0.05) is 16.9 Å². The summed E-state index contributed by atoms with van der Waals surface area (Å²) >= 11 is 0. The SMILES string of the molecule is c1ccc(-c2ccc(N(c3ccc(-c4ccccc4)cc3)c3cccc(-c4ccc(-c5ccccc5)cc4-c4ccccc4)c3-c3cc4ccccc4c4ccccc34)cc2)cc1. The van der Waals surface area contributed by atoms with Crippen LogP contribution in [-0.2, 0) is 0 Å². The zero-order chi connectivity index (χ0) is 42.0. The molecule has 0 amide bonds. The summed E-state index contributed by atoms with van der Waals surface area (Å²) in [5.74, 6) is 0. The molecule has 1 heteroatoms. The summed E-state index contributed by atoms with van der Waals surface area (Å²) in [6.45, 7) is 0. The van der Waals surface area contributed by atoms with E-state index < -0.39 is 0 Å². The molecule has 0 atom stereocenters. The summed E-state index contributed by atoms with van der Waals surface area (Å²) in [6.07, 6.45) is 0. The lowest BCUT2D eigenvalue weighted by Gasteiger charge is -2.30. The summed E-state index contributed by atoms with van der Waals surface area (Å²) in [7, 11) is 0. The molecule has 0 aliphatic heterocycles. The molecule has 296 valence electrons. The first-order valence-electron chi connectivity index (χ1n) is 21.7. The topological polar surface area (TPSA) is 3.24 Å². The van der Waals surface area contributed by atoms with Gasteiger partial charge < -0.3 is 4.90 Å². The Balaban J connectivity index is 1.21. The van der Waals surface area contributed by atoms with Gasteiger partial charge in [0.2, 0.25) is 0 Å². The summed E-state index contributed by atoms with van der Waals surface area (Å²) in [5.41, 5.74) is 17.4. The first kappa shape index (κ1) is 37.7. The summed E-state index contributed by atoms with van der Waals surface area (Å²) in [6, 6.07) is 94.9. The third-order valence-electron chi connectivity index (χ3n) is 12.3. The van der Waals surface area contributed by atoms with Crippen LogP contribution in [0.4, 0.5) is 17.1 Å². The van der Waals surface area contributed by atoms with Crippen LogP contribution in [-0.4, -0.2) is 0 Å². The second kappa shape index (κ2) is 16.7. The lowest BCUT2D eigenvalue weighted by atomic mass is 9.84. The van der Waals surface area contributed by atoms with Gasteiger partial charge in [0.1, 0.15) is 0 Å². The van der Waals surface area contributed by atoms with Gasteiger partial charge in [-0.1, -0.05) is 218 Å². The second-order valence-electron chi connectivity index (χ2n) is 16.0. The molecule has 11 rings (SSSR count). The average molecular weight is 802 g/mol. The third-order valence-corrected chi connectivity index (χ3v) is 12.3. The van der Waals surface area contributed by atoms with Gasteiger partial charge in [0.05, 0.1) is 5.69 Å². The van der Waals surface area contributed by atoms with Crippen molar-refractivity contribution in [1.82, 2.24) is 0 Å². The van der Waals surface area contributed by atoms with E-state index in [1.165, 1.54) is 88.3 Å². The Hall–Kier alpha value is -8.26. The van der Waals surface area contributed by atoms with E-state index in [0.717, 1.165) is 17.1 Å². The number of anilines is 3. The maximum absolute atomic E-state index is 2.45. The molecular formula is C62H43N. The minimum absolute atomic E-state index is 1.08. The molecule has 0 aromatic heterocycles. The Morgan fingerprint density at radius 3 is 1.24 bits per heavy atom. The lowest BCUT2D eigenvalue weighted by molar-refractivity contribution is 1.28. The van der Waals surface area contributed by atoms with Crippen LogP contribution < -0.4 is 4.90 Å². The zero-order valence-electron chi connectivity index (χ0n) is 34.8. The molecule has 0 radical (unpaired) electrons. The van der Waals surface area contributed by atoms with E-state index in [-0.39, 0.29) is 0 Å². The normalized spacial score (nSPS) is 11.2. The van der Waals surface area contributed by atoms with Crippen LogP contribution in [0.5, 0.6) is 0 Å². The Kier molecular flexibility index (Phi) is 9.97. The van der Waals surface area contributed by atoms with Crippen LogP contribution in [0.2, 0.25) is 0 Å². The van der Waals surface area contributed by atoms with Crippen molar-refractivity contribution >= 4 is 38.6 Å². The van der Waals surface area contributed by atoms with Crippen molar-refractivity contribution < 1.29 is 0 Å². The summed E-state index contributed by atoms with van der Waals surface area (Å²) in [4.78, 5) is 2.45. The van der Waals surface area contributed by atoms with Crippen LogP contribution in [0.1, 0.15) is 0 Å². The number of rotatable bonds is 9. The Bertz CT molecular complexity index is 3260. The predicted molar refractivity (Wildman–Crippen MR) is 269 cm³/mol. The minimum Gasteiger partial charge on any atom is -0.310 e. The van der Waals surface area contributed by atoms with Gasteiger partial charge in [-0.05, 0) is 125 Å². The fourth-order valence-corrected chi connectivity index (χ4v) is 9.24. The molecular weight excluding hydrogens is 759 g/mol. The van der Waals surface area contributed by atoms with Crippen molar-refractivity contribution in [2.45, 2.75) is 0 Å². The molecule has 0 bridgehead atoms. The molecule has 0 spiro atoms. The number of hydrogen-bond acceptors (Lipinski definition) is 1. The predicted octanol–water partition coefficient (Wildman–Crippen LogP) is 17.5. The molecule has 0 aliphatic rings. The number of fused-ring (bicyclic) bond motifs is 3. The molecule has 1 nitrogen and oxygen atoms in total. The van der Waals surface area contributed by atoms with E-state index in [0.29, 0.717) is 0 Å². The van der Waals surface area contributed by atoms with E-state index in [1.807, 2.05) is 0 Å². The highest BCUT2D eigenvalue weighted by Crippen LogP contribution is 2.50.